The number of benzene rings is 1. The van der Waals surface area contributed by atoms with E-state index in [1.807, 2.05) is 0 Å². The van der Waals surface area contributed by atoms with Crippen molar-refractivity contribution in [1.29, 1.82) is 0 Å². The molecule has 1 heterocycles. The van der Waals surface area contributed by atoms with Crippen LogP contribution in [-0.2, 0) is 0 Å². The summed E-state index contributed by atoms with van der Waals surface area (Å²) in [6, 6.07) is 2.95. The Labute approximate surface area is 94.0 Å². The van der Waals surface area contributed by atoms with Crippen LogP contribution in [0.4, 0.5) is 20.2 Å². The molecule has 0 aliphatic carbocycles. The molecule has 0 bridgehead atoms. The maximum Gasteiger partial charge on any atom is 0.183 e. The maximum atomic E-state index is 13.6. The summed E-state index contributed by atoms with van der Waals surface area (Å²) in [5, 5.41) is 6.20. The highest BCUT2D eigenvalue weighted by Crippen LogP contribution is 2.30. The van der Waals surface area contributed by atoms with Gasteiger partial charge in [-0.1, -0.05) is 13.3 Å². The number of nitrogens with one attached hydrogen (secondary N) is 2. The summed E-state index contributed by atoms with van der Waals surface area (Å²) in [5.41, 5.74) is 0.924. The van der Waals surface area contributed by atoms with E-state index in [0.717, 1.165) is 31.9 Å². The Morgan fingerprint density at radius 1 is 1.38 bits per heavy atom. The first kappa shape index (κ1) is 11.2. The fourth-order valence-corrected chi connectivity index (χ4v) is 2.06. The van der Waals surface area contributed by atoms with Crippen molar-refractivity contribution in [1.82, 2.24) is 0 Å². The summed E-state index contributed by atoms with van der Waals surface area (Å²) in [5.74, 6) is -1.58. The molecule has 0 saturated carbocycles. The van der Waals surface area contributed by atoms with Crippen molar-refractivity contribution in [3.8, 4) is 0 Å². The van der Waals surface area contributed by atoms with E-state index in [4.69, 9.17) is 0 Å². The van der Waals surface area contributed by atoms with Gasteiger partial charge in [0.25, 0.3) is 0 Å². The average Bonchev–Trinajstić information content (AvgIpc) is 2.47. The van der Waals surface area contributed by atoms with Gasteiger partial charge >= 0.3 is 0 Å². The molecule has 16 heavy (non-hydrogen) atoms. The van der Waals surface area contributed by atoms with Gasteiger partial charge in [-0.2, -0.15) is 0 Å². The van der Waals surface area contributed by atoms with Gasteiger partial charge in [0.15, 0.2) is 11.6 Å². The standard InChI is InChI=1S/C12H16F2N2/c1-2-3-8-6-7-15-10-5-4-9(13)11(14)12(10)16-8/h4-5,8,15-16H,2-3,6-7H2,1H3. The van der Waals surface area contributed by atoms with Crippen molar-refractivity contribution in [2.45, 2.75) is 32.2 Å². The molecule has 2 N–H and O–H groups in total. The minimum absolute atomic E-state index is 0.218. The van der Waals surface area contributed by atoms with Gasteiger partial charge < -0.3 is 10.6 Å². The quantitative estimate of drug-likeness (QED) is 0.808. The van der Waals surface area contributed by atoms with Crippen LogP contribution in [0.25, 0.3) is 0 Å². The third-order valence-electron chi connectivity index (χ3n) is 2.89. The van der Waals surface area contributed by atoms with Crippen LogP contribution in [0.1, 0.15) is 26.2 Å². The number of hydrogen-bond acceptors (Lipinski definition) is 2. The Hall–Kier alpha value is -1.32. The fraction of sp³-hybridized carbons (Fsp3) is 0.500. The second-order valence-electron chi connectivity index (χ2n) is 4.13. The van der Waals surface area contributed by atoms with E-state index in [-0.39, 0.29) is 11.7 Å². The molecule has 0 amide bonds. The first-order chi connectivity index (χ1) is 7.72. The Bertz CT molecular complexity index is 380. The lowest BCUT2D eigenvalue weighted by atomic mass is 10.1. The SMILES string of the molecule is CCCC1CCNc2ccc(F)c(F)c2N1. The predicted molar refractivity (Wildman–Crippen MR) is 61.8 cm³/mol. The molecule has 0 radical (unpaired) electrons. The third-order valence-corrected chi connectivity index (χ3v) is 2.89. The fourth-order valence-electron chi connectivity index (χ4n) is 2.06. The lowest BCUT2D eigenvalue weighted by molar-refractivity contribution is 0.509. The third kappa shape index (κ3) is 2.10. The lowest BCUT2D eigenvalue weighted by Crippen LogP contribution is -2.20. The van der Waals surface area contributed by atoms with Crippen LogP contribution >= 0.6 is 0 Å². The van der Waals surface area contributed by atoms with Gasteiger partial charge in [-0.25, -0.2) is 8.78 Å². The smallest absolute Gasteiger partial charge is 0.183 e. The van der Waals surface area contributed by atoms with Crippen LogP contribution in [0.2, 0.25) is 0 Å². The van der Waals surface area contributed by atoms with E-state index in [0.29, 0.717) is 5.69 Å². The minimum Gasteiger partial charge on any atom is -0.383 e. The van der Waals surface area contributed by atoms with Crippen LogP contribution < -0.4 is 10.6 Å². The highest BCUT2D eigenvalue weighted by Gasteiger charge is 2.19. The highest BCUT2D eigenvalue weighted by atomic mass is 19.2. The summed E-state index contributed by atoms with van der Waals surface area (Å²) >= 11 is 0. The summed E-state index contributed by atoms with van der Waals surface area (Å²) in [6.07, 6.45) is 2.92. The van der Waals surface area contributed by atoms with Crippen LogP contribution in [-0.4, -0.2) is 12.6 Å². The molecule has 0 fully saturated rings. The molecule has 2 nitrogen and oxygen atoms in total. The van der Waals surface area contributed by atoms with E-state index in [2.05, 4.69) is 17.6 Å². The molecule has 1 atom stereocenters. The maximum absolute atomic E-state index is 13.6. The Morgan fingerprint density at radius 3 is 2.94 bits per heavy atom. The molecule has 2 rings (SSSR count). The van der Waals surface area contributed by atoms with Crippen molar-refractivity contribution < 1.29 is 8.78 Å². The Balaban J connectivity index is 2.30. The summed E-state index contributed by atoms with van der Waals surface area (Å²) in [6.45, 7) is 2.87. The summed E-state index contributed by atoms with van der Waals surface area (Å²) in [4.78, 5) is 0. The van der Waals surface area contributed by atoms with E-state index in [9.17, 15) is 8.78 Å². The Morgan fingerprint density at radius 2 is 2.19 bits per heavy atom. The molecule has 0 aromatic heterocycles. The van der Waals surface area contributed by atoms with Gasteiger partial charge in [0.05, 0.1) is 11.4 Å². The molecule has 1 aromatic rings. The van der Waals surface area contributed by atoms with Gasteiger partial charge in [0.1, 0.15) is 0 Å². The van der Waals surface area contributed by atoms with Crippen molar-refractivity contribution in [2.75, 3.05) is 17.2 Å². The first-order valence-electron chi connectivity index (χ1n) is 5.70. The molecular weight excluding hydrogens is 210 g/mol. The van der Waals surface area contributed by atoms with Crippen LogP contribution in [0, 0.1) is 11.6 Å². The van der Waals surface area contributed by atoms with E-state index in [1.54, 1.807) is 6.07 Å². The highest BCUT2D eigenvalue weighted by molar-refractivity contribution is 5.70. The van der Waals surface area contributed by atoms with Crippen molar-refractivity contribution in [3.63, 3.8) is 0 Å². The molecule has 1 aliphatic heterocycles. The predicted octanol–water partition coefficient (Wildman–Crippen LogP) is 3.36. The number of halogens is 2. The Kier molecular flexibility index (Phi) is 3.27. The zero-order valence-corrected chi connectivity index (χ0v) is 9.32. The second kappa shape index (κ2) is 4.68. The molecule has 0 saturated heterocycles. The van der Waals surface area contributed by atoms with Gasteiger partial charge in [0.2, 0.25) is 0 Å². The van der Waals surface area contributed by atoms with Gasteiger partial charge in [-0.05, 0) is 25.0 Å². The zero-order chi connectivity index (χ0) is 11.5. The molecule has 88 valence electrons. The van der Waals surface area contributed by atoms with Crippen LogP contribution in [0.5, 0.6) is 0 Å². The molecule has 1 unspecified atom stereocenters. The normalized spacial score (nSPS) is 19.3. The number of rotatable bonds is 2. The van der Waals surface area contributed by atoms with Crippen LogP contribution in [0.3, 0.4) is 0 Å². The molecule has 4 heteroatoms. The number of anilines is 2. The average molecular weight is 226 g/mol. The second-order valence-corrected chi connectivity index (χ2v) is 4.13. The zero-order valence-electron chi connectivity index (χ0n) is 9.32. The number of fused-ring (bicyclic) bond motifs is 1. The molecule has 0 spiro atoms. The minimum atomic E-state index is -0.801. The van der Waals surface area contributed by atoms with Crippen molar-refractivity contribution >= 4 is 11.4 Å². The van der Waals surface area contributed by atoms with Gasteiger partial charge in [-0.3, -0.25) is 0 Å². The van der Waals surface area contributed by atoms with E-state index in [1.165, 1.54) is 0 Å². The van der Waals surface area contributed by atoms with E-state index >= 15 is 0 Å². The van der Waals surface area contributed by atoms with Gasteiger partial charge in [0, 0.05) is 12.6 Å². The molecule has 1 aliphatic rings. The largest absolute Gasteiger partial charge is 0.383 e. The first-order valence-corrected chi connectivity index (χ1v) is 5.70. The lowest BCUT2D eigenvalue weighted by Gasteiger charge is -2.17. The monoisotopic (exact) mass is 226 g/mol. The molecular formula is C12H16F2N2. The van der Waals surface area contributed by atoms with Crippen molar-refractivity contribution in [3.05, 3.63) is 23.8 Å². The van der Waals surface area contributed by atoms with Crippen LogP contribution in [0.15, 0.2) is 12.1 Å². The summed E-state index contributed by atoms with van der Waals surface area (Å²) < 4.78 is 26.7. The van der Waals surface area contributed by atoms with E-state index < -0.39 is 11.6 Å². The molecule has 1 aromatic carbocycles. The summed E-state index contributed by atoms with van der Waals surface area (Å²) in [7, 11) is 0. The van der Waals surface area contributed by atoms with Crippen molar-refractivity contribution in [2.24, 2.45) is 0 Å². The van der Waals surface area contributed by atoms with Gasteiger partial charge in [-0.15, -0.1) is 0 Å². The topological polar surface area (TPSA) is 24.1 Å². The number of hydrogen-bond donors (Lipinski definition) is 2.